The molecule has 1 unspecified atom stereocenters. The fraction of sp³-hybridized carbons (Fsp3) is 0.211. The van der Waals surface area contributed by atoms with Crippen LogP contribution in [0.1, 0.15) is 25.6 Å². The molecule has 1 aromatic heterocycles. The van der Waals surface area contributed by atoms with Crippen molar-refractivity contribution in [1.29, 1.82) is 5.41 Å². The number of Topliss-reactive ketones (excluding diaryl/α,β-unsaturated/α-hetero) is 1. The molecule has 0 spiro atoms. The summed E-state index contributed by atoms with van der Waals surface area (Å²) >= 11 is 0. The zero-order valence-electron chi connectivity index (χ0n) is 14.3. The zero-order chi connectivity index (χ0) is 18.6. The summed E-state index contributed by atoms with van der Waals surface area (Å²) in [7, 11) is 0. The number of amidine groups is 1. The van der Waals surface area contributed by atoms with Gasteiger partial charge in [0.15, 0.2) is 5.78 Å². The first-order chi connectivity index (χ1) is 12.3. The predicted octanol–water partition coefficient (Wildman–Crippen LogP) is 2.90. The highest BCUT2D eigenvalue weighted by Crippen LogP contribution is 2.41. The monoisotopic (exact) mass is 350 g/mol. The third-order valence-corrected chi connectivity index (χ3v) is 4.77. The summed E-state index contributed by atoms with van der Waals surface area (Å²) in [4.78, 5) is 22.2. The van der Waals surface area contributed by atoms with Crippen LogP contribution in [0.2, 0.25) is 0 Å². The van der Waals surface area contributed by atoms with E-state index in [1.54, 1.807) is 13.8 Å². The number of nitrogens with one attached hydrogen (secondary N) is 2. The van der Waals surface area contributed by atoms with Gasteiger partial charge in [0.1, 0.15) is 34.6 Å². The van der Waals surface area contributed by atoms with Gasteiger partial charge >= 0.3 is 0 Å². The lowest BCUT2D eigenvalue weighted by molar-refractivity contribution is -0.121. The normalized spacial score (nSPS) is 19.5. The van der Waals surface area contributed by atoms with Crippen LogP contribution in [0.15, 0.2) is 42.5 Å². The second kappa shape index (κ2) is 5.32. The Hall–Kier alpha value is -3.35. The molecule has 4 rings (SSSR count). The van der Waals surface area contributed by atoms with E-state index in [0.717, 1.165) is 11.0 Å². The highest BCUT2D eigenvalue weighted by atomic mass is 16.3. The lowest BCUT2D eigenvalue weighted by Crippen LogP contribution is -2.44. The van der Waals surface area contributed by atoms with E-state index in [-0.39, 0.29) is 23.1 Å². The third-order valence-electron chi connectivity index (χ3n) is 4.77. The number of carbonyl (C=O) groups is 1. The van der Waals surface area contributed by atoms with Crippen LogP contribution in [-0.2, 0) is 4.79 Å². The number of anilines is 1. The van der Waals surface area contributed by atoms with E-state index in [4.69, 9.17) is 5.41 Å². The number of hydrogen-bond acceptors (Lipinski definition) is 5. The number of fused-ring (bicyclic) bond motifs is 1. The summed E-state index contributed by atoms with van der Waals surface area (Å²) < 4.78 is 0. The van der Waals surface area contributed by atoms with Crippen LogP contribution in [0.5, 0.6) is 11.5 Å². The molecule has 7 nitrogen and oxygen atoms in total. The van der Waals surface area contributed by atoms with Crippen molar-refractivity contribution >= 4 is 28.3 Å². The Balaban J connectivity index is 1.83. The van der Waals surface area contributed by atoms with E-state index in [1.807, 2.05) is 24.3 Å². The van der Waals surface area contributed by atoms with Gasteiger partial charge in [-0.05, 0) is 26.0 Å². The molecule has 0 saturated carbocycles. The molecule has 1 aliphatic heterocycles. The second-order valence-electron chi connectivity index (χ2n) is 6.92. The van der Waals surface area contributed by atoms with Crippen molar-refractivity contribution in [2.45, 2.75) is 25.3 Å². The van der Waals surface area contributed by atoms with Gasteiger partial charge in [0.05, 0.1) is 16.7 Å². The van der Waals surface area contributed by atoms with Gasteiger partial charge in [0, 0.05) is 18.2 Å². The first kappa shape index (κ1) is 16.1. The largest absolute Gasteiger partial charge is 0.508 e. The van der Waals surface area contributed by atoms with E-state index >= 15 is 0 Å². The quantitative estimate of drug-likeness (QED) is 0.567. The summed E-state index contributed by atoms with van der Waals surface area (Å²) in [6.45, 7) is 3.43. The Morgan fingerprint density at radius 1 is 1.15 bits per heavy atom. The van der Waals surface area contributed by atoms with Crippen molar-refractivity contribution in [2.75, 3.05) is 4.90 Å². The maximum atomic E-state index is 13.1. The number of nitrogens with zero attached hydrogens (tertiary/aromatic N) is 2. The lowest BCUT2D eigenvalue weighted by Gasteiger charge is -2.31. The summed E-state index contributed by atoms with van der Waals surface area (Å²) in [6, 6.07) is 11.5. The van der Waals surface area contributed by atoms with Gasteiger partial charge in [-0.1, -0.05) is 12.1 Å². The maximum Gasteiger partial charge on any atom is 0.176 e. The number of H-pyrrole nitrogens is 1. The van der Waals surface area contributed by atoms with Crippen molar-refractivity contribution in [1.82, 2.24) is 9.97 Å². The van der Waals surface area contributed by atoms with Crippen LogP contribution in [0.3, 0.4) is 0 Å². The Bertz CT molecular complexity index is 1000. The average molecular weight is 350 g/mol. The molecule has 1 saturated heterocycles. The van der Waals surface area contributed by atoms with Crippen LogP contribution in [0.25, 0.3) is 11.0 Å². The summed E-state index contributed by atoms with van der Waals surface area (Å²) in [6.07, 6.45) is 0. The van der Waals surface area contributed by atoms with Crippen LogP contribution in [0, 0.1) is 5.41 Å². The number of aromatic amines is 1. The lowest BCUT2D eigenvalue weighted by atomic mass is 9.93. The van der Waals surface area contributed by atoms with Crippen LogP contribution >= 0.6 is 0 Å². The van der Waals surface area contributed by atoms with E-state index in [9.17, 15) is 15.0 Å². The SMILES string of the molecule is CC1(C)C(=O)C(c2nc3ccccc3[nH]2)C(=N)N1c1cc(O)cc(O)c1. The van der Waals surface area contributed by atoms with Gasteiger partial charge < -0.3 is 20.1 Å². The van der Waals surface area contributed by atoms with Gasteiger partial charge in [-0.15, -0.1) is 0 Å². The number of ketones is 1. The smallest absolute Gasteiger partial charge is 0.176 e. The van der Waals surface area contributed by atoms with Gasteiger partial charge in [-0.3, -0.25) is 10.2 Å². The van der Waals surface area contributed by atoms with Gasteiger partial charge in [-0.25, -0.2) is 4.98 Å². The van der Waals surface area contributed by atoms with E-state index < -0.39 is 11.5 Å². The highest BCUT2D eigenvalue weighted by Gasteiger charge is 2.53. The van der Waals surface area contributed by atoms with Gasteiger partial charge in [0.2, 0.25) is 0 Å². The molecule has 2 aromatic carbocycles. The molecule has 3 aromatic rings. The molecule has 7 heteroatoms. The molecule has 0 amide bonds. The second-order valence-corrected chi connectivity index (χ2v) is 6.92. The zero-order valence-corrected chi connectivity index (χ0v) is 14.3. The van der Waals surface area contributed by atoms with Crippen molar-refractivity contribution < 1.29 is 15.0 Å². The summed E-state index contributed by atoms with van der Waals surface area (Å²) in [5.41, 5.74) is 0.884. The number of phenols is 2. The van der Waals surface area contributed by atoms with E-state index in [2.05, 4.69) is 9.97 Å². The molecule has 1 fully saturated rings. The van der Waals surface area contributed by atoms with E-state index in [1.165, 1.54) is 23.1 Å². The van der Waals surface area contributed by atoms with Crippen molar-refractivity contribution in [2.24, 2.45) is 0 Å². The van der Waals surface area contributed by atoms with Crippen molar-refractivity contribution in [3.05, 3.63) is 48.3 Å². The summed E-state index contributed by atoms with van der Waals surface area (Å²) in [5, 5.41) is 28.2. The van der Waals surface area contributed by atoms with E-state index in [0.29, 0.717) is 11.5 Å². The Morgan fingerprint density at radius 3 is 2.46 bits per heavy atom. The Kier molecular flexibility index (Phi) is 3.30. The number of phenolic OH excluding ortho intramolecular Hbond substituents is 2. The molecule has 0 bridgehead atoms. The number of aromatic nitrogens is 2. The molecular weight excluding hydrogens is 332 g/mol. The molecule has 2 heterocycles. The third kappa shape index (κ3) is 2.24. The first-order valence-electron chi connectivity index (χ1n) is 8.19. The Morgan fingerprint density at radius 2 is 1.81 bits per heavy atom. The highest BCUT2D eigenvalue weighted by molar-refractivity contribution is 6.25. The molecule has 132 valence electrons. The number of aromatic hydroxyl groups is 2. The fourth-order valence-electron chi connectivity index (χ4n) is 3.55. The summed E-state index contributed by atoms with van der Waals surface area (Å²) in [5.74, 6) is -0.831. The topological polar surface area (TPSA) is 113 Å². The number of hydrogen-bond donors (Lipinski definition) is 4. The molecular formula is C19H18N4O3. The van der Waals surface area contributed by atoms with Crippen LogP contribution in [0.4, 0.5) is 5.69 Å². The van der Waals surface area contributed by atoms with Crippen LogP contribution in [-0.4, -0.2) is 37.3 Å². The predicted molar refractivity (Wildman–Crippen MR) is 97.9 cm³/mol. The minimum absolute atomic E-state index is 0.0454. The molecule has 26 heavy (non-hydrogen) atoms. The number of imidazole rings is 1. The minimum atomic E-state index is -1.03. The Labute approximate surface area is 149 Å². The van der Waals surface area contributed by atoms with Crippen LogP contribution < -0.4 is 4.90 Å². The van der Waals surface area contributed by atoms with Gasteiger partial charge in [-0.2, -0.15) is 0 Å². The molecule has 0 aliphatic carbocycles. The average Bonchev–Trinajstić information content (AvgIpc) is 3.03. The number of benzene rings is 2. The number of carbonyl (C=O) groups excluding carboxylic acids is 1. The van der Waals surface area contributed by atoms with Crippen molar-refractivity contribution in [3.63, 3.8) is 0 Å². The van der Waals surface area contributed by atoms with Gasteiger partial charge in [0.25, 0.3) is 0 Å². The minimum Gasteiger partial charge on any atom is -0.508 e. The fourth-order valence-corrected chi connectivity index (χ4v) is 3.55. The maximum absolute atomic E-state index is 13.1. The number of para-hydroxylation sites is 2. The van der Waals surface area contributed by atoms with Crippen molar-refractivity contribution in [3.8, 4) is 11.5 Å². The molecule has 1 aliphatic rings. The first-order valence-corrected chi connectivity index (χ1v) is 8.19. The number of rotatable bonds is 2. The standard InChI is InChI=1S/C19H18N4O3/c1-19(2)16(26)15(18-21-13-5-3-4-6-14(13)22-18)17(20)23(19)10-7-11(24)9-12(25)8-10/h3-9,15,20,24-25H,1-2H3,(H,21,22). The molecule has 0 radical (unpaired) electrons. The molecule has 4 N–H and O–H groups in total. The molecule has 1 atom stereocenters.